The molecule has 184 valence electrons. The van der Waals surface area contributed by atoms with E-state index in [1.54, 1.807) is 35.2 Å². The van der Waals surface area contributed by atoms with E-state index >= 15 is 0 Å². The molecule has 4 nitrogen and oxygen atoms in total. The highest BCUT2D eigenvalue weighted by molar-refractivity contribution is 6.35. The standard InChI is InChI=1S/C28H29Cl3N2O2/c1-19(2)17-32-28(35)26(14-20-7-4-3-5-8-20)33(18-22-11-12-24(30)16-25(22)31)27(34)15-21-9-6-10-23(29)13-21/h3-13,16,19,26H,14-15,17-18H2,1-2H3,(H,32,35)/t26-/m0/s1. The van der Waals surface area contributed by atoms with Crippen LogP contribution in [-0.2, 0) is 29.0 Å². The first-order chi connectivity index (χ1) is 16.7. The topological polar surface area (TPSA) is 49.4 Å². The van der Waals surface area contributed by atoms with Gasteiger partial charge in [0.05, 0.1) is 6.42 Å². The molecule has 0 bridgehead atoms. The third-order valence-electron chi connectivity index (χ3n) is 5.56. The van der Waals surface area contributed by atoms with Gasteiger partial charge in [0.15, 0.2) is 0 Å². The Hall–Kier alpha value is -2.53. The minimum absolute atomic E-state index is 0.106. The molecule has 3 aromatic carbocycles. The number of carbonyl (C=O) groups is 2. The van der Waals surface area contributed by atoms with Gasteiger partial charge in [0.25, 0.3) is 0 Å². The van der Waals surface area contributed by atoms with Crippen LogP contribution in [0.3, 0.4) is 0 Å². The predicted octanol–water partition coefficient (Wildman–Crippen LogP) is 6.60. The molecule has 3 aromatic rings. The van der Waals surface area contributed by atoms with Crippen molar-refractivity contribution in [1.82, 2.24) is 10.2 Å². The third-order valence-corrected chi connectivity index (χ3v) is 6.38. The first kappa shape index (κ1) is 27.1. The van der Waals surface area contributed by atoms with Gasteiger partial charge in [0.2, 0.25) is 11.8 Å². The van der Waals surface area contributed by atoms with Crippen LogP contribution in [-0.4, -0.2) is 29.3 Å². The monoisotopic (exact) mass is 530 g/mol. The average molecular weight is 532 g/mol. The highest BCUT2D eigenvalue weighted by Gasteiger charge is 2.31. The molecule has 0 saturated heterocycles. The lowest BCUT2D eigenvalue weighted by Gasteiger charge is -2.32. The normalized spacial score (nSPS) is 11.8. The van der Waals surface area contributed by atoms with E-state index in [0.29, 0.717) is 33.6 Å². The van der Waals surface area contributed by atoms with Crippen LogP contribution in [0.5, 0.6) is 0 Å². The van der Waals surface area contributed by atoms with E-state index in [1.807, 2.05) is 56.3 Å². The van der Waals surface area contributed by atoms with Gasteiger partial charge in [-0.05, 0) is 46.9 Å². The van der Waals surface area contributed by atoms with Gasteiger partial charge in [0, 0.05) is 34.6 Å². The van der Waals surface area contributed by atoms with Crippen LogP contribution in [0.15, 0.2) is 72.8 Å². The van der Waals surface area contributed by atoms with Gasteiger partial charge in [-0.2, -0.15) is 0 Å². The van der Waals surface area contributed by atoms with Gasteiger partial charge >= 0.3 is 0 Å². The first-order valence-corrected chi connectivity index (χ1v) is 12.7. The van der Waals surface area contributed by atoms with E-state index in [2.05, 4.69) is 5.32 Å². The van der Waals surface area contributed by atoms with Crippen LogP contribution < -0.4 is 5.32 Å². The molecule has 7 heteroatoms. The molecule has 0 aliphatic carbocycles. The van der Waals surface area contributed by atoms with Gasteiger partial charge in [0.1, 0.15) is 6.04 Å². The fraction of sp³-hybridized carbons (Fsp3) is 0.286. The maximum Gasteiger partial charge on any atom is 0.243 e. The molecule has 0 radical (unpaired) electrons. The van der Waals surface area contributed by atoms with Gasteiger partial charge in [-0.15, -0.1) is 0 Å². The maximum atomic E-state index is 13.7. The number of rotatable bonds is 10. The van der Waals surface area contributed by atoms with Crippen molar-refractivity contribution < 1.29 is 9.59 Å². The fourth-order valence-corrected chi connectivity index (χ4v) is 4.41. The maximum absolute atomic E-state index is 13.7. The van der Waals surface area contributed by atoms with Gasteiger partial charge in [-0.1, -0.05) is 97.2 Å². The summed E-state index contributed by atoms with van der Waals surface area (Å²) in [5.74, 6) is -0.122. The number of nitrogens with zero attached hydrogens (tertiary/aromatic N) is 1. The summed E-state index contributed by atoms with van der Waals surface area (Å²) >= 11 is 18.7. The van der Waals surface area contributed by atoms with Crippen molar-refractivity contribution in [2.45, 2.75) is 39.3 Å². The zero-order valence-electron chi connectivity index (χ0n) is 19.8. The molecule has 0 saturated carbocycles. The second kappa shape index (κ2) is 13.0. The second-order valence-corrected chi connectivity index (χ2v) is 10.2. The molecule has 2 amide bonds. The Morgan fingerprint density at radius 1 is 0.857 bits per heavy atom. The number of carbonyl (C=O) groups excluding carboxylic acids is 2. The Morgan fingerprint density at radius 2 is 1.54 bits per heavy atom. The Morgan fingerprint density at radius 3 is 2.20 bits per heavy atom. The van der Waals surface area contributed by atoms with Crippen molar-refractivity contribution in [2.24, 2.45) is 5.92 Å². The van der Waals surface area contributed by atoms with Crippen LogP contribution in [0.25, 0.3) is 0 Å². The average Bonchev–Trinajstić information content (AvgIpc) is 2.81. The van der Waals surface area contributed by atoms with Crippen molar-refractivity contribution >= 4 is 46.6 Å². The summed E-state index contributed by atoms with van der Waals surface area (Å²) in [5, 5.41) is 4.52. The van der Waals surface area contributed by atoms with Gasteiger partial charge < -0.3 is 10.2 Å². The summed E-state index contributed by atoms with van der Waals surface area (Å²) < 4.78 is 0. The zero-order valence-corrected chi connectivity index (χ0v) is 22.1. The zero-order chi connectivity index (χ0) is 25.4. The largest absolute Gasteiger partial charge is 0.354 e. The van der Waals surface area contributed by atoms with Crippen molar-refractivity contribution in [2.75, 3.05) is 6.54 Å². The molecular formula is C28H29Cl3N2O2. The molecule has 0 heterocycles. The molecule has 1 N–H and O–H groups in total. The number of hydrogen-bond donors (Lipinski definition) is 1. The SMILES string of the molecule is CC(C)CNC(=O)[C@H](Cc1ccccc1)N(Cc1ccc(Cl)cc1Cl)C(=O)Cc1cccc(Cl)c1. The highest BCUT2D eigenvalue weighted by atomic mass is 35.5. The molecular weight excluding hydrogens is 503 g/mol. The van der Waals surface area contributed by atoms with Crippen LogP contribution in [0.4, 0.5) is 0 Å². The van der Waals surface area contributed by atoms with Crippen LogP contribution >= 0.6 is 34.8 Å². The van der Waals surface area contributed by atoms with Crippen LogP contribution in [0, 0.1) is 5.92 Å². The number of nitrogens with one attached hydrogen (secondary N) is 1. The molecule has 0 unspecified atom stereocenters. The Labute approximate surface area is 222 Å². The van der Waals surface area contributed by atoms with E-state index < -0.39 is 6.04 Å². The van der Waals surface area contributed by atoms with E-state index in [0.717, 1.165) is 11.1 Å². The van der Waals surface area contributed by atoms with Crippen molar-refractivity contribution in [3.8, 4) is 0 Å². The van der Waals surface area contributed by atoms with Crippen molar-refractivity contribution in [3.05, 3.63) is 105 Å². The summed E-state index contributed by atoms with van der Waals surface area (Å²) in [6.45, 7) is 4.74. The van der Waals surface area contributed by atoms with Crippen LogP contribution in [0.1, 0.15) is 30.5 Å². The van der Waals surface area contributed by atoms with Gasteiger partial charge in [-0.25, -0.2) is 0 Å². The molecule has 0 fully saturated rings. The number of hydrogen-bond acceptors (Lipinski definition) is 2. The molecule has 0 aliphatic heterocycles. The Kier molecular flexibility index (Phi) is 10.0. The van der Waals surface area contributed by atoms with E-state index in [-0.39, 0.29) is 30.7 Å². The first-order valence-electron chi connectivity index (χ1n) is 11.5. The Bertz CT molecular complexity index is 1150. The fourth-order valence-electron chi connectivity index (χ4n) is 3.73. The summed E-state index contributed by atoms with van der Waals surface area (Å²) in [4.78, 5) is 28.8. The minimum atomic E-state index is -0.727. The molecule has 0 spiro atoms. The third kappa shape index (κ3) is 8.28. The lowest BCUT2D eigenvalue weighted by Crippen LogP contribution is -2.51. The minimum Gasteiger partial charge on any atom is -0.354 e. The van der Waals surface area contributed by atoms with E-state index in [9.17, 15) is 9.59 Å². The molecule has 0 aromatic heterocycles. The van der Waals surface area contributed by atoms with E-state index in [4.69, 9.17) is 34.8 Å². The number of amides is 2. The Balaban J connectivity index is 1.98. The van der Waals surface area contributed by atoms with E-state index in [1.165, 1.54) is 0 Å². The lowest BCUT2D eigenvalue weighted by atomic mass is 10.0. The van der Waals surface area contributed by atoms with Gasteiger partial charge in [-0.3, -0.25) is 9.59 Å². The highest BCUT2D eigenvalue weighted by Crippen LogP contribution is 2.25. The van der Waals surface area contributed by atoms with Crippen molar-refractivity contribution in [3.63, 3.8) is 0 Å². The number of benzene rings is 3. The molecule has 1 atom stereocenters. The second-order valence-electron chi connectivity index (χ2n) is 8.91. The summed E-state index contributed by atoms with van der Waals surface area (Å²) in [6, 6.07) is 21.3. The quantitative estimate of drug-likeness (QED) is 0.320. The summed E-state index contributed by atoms with van der Waals surface area (Å²) in [5.41, 5.74) is 2.45. The summed E-state index contributed by atoms with van der Waals surface area (Å²) in [6.07, 6.45) is 0.478. The smallest absolute Gasteiger partial charge is 0.243 e. The predicted molar refractivity (Wildman–Crippen MR) is 144 cm³/mol. The molecule has 3 rings (SSSR count). The van der Waals surface area contributed by atoms with Crippen molar-refractivity contribution in [1.29, 1.82) is 0 Å². The number of halogens is 3. The summed E-state index contributed by atoms with van der Waals surface area (Å²) in [7, 11) is 0. The van der Waals surface area contributed by atoms with Crippen LogP contribution in [0.2, 0.25) is 15.1 Å². The molecule has 35 heavy (non-hydrogen) atoms. The lowest BCUT2D eigenvalue weighted by molar-refractivity contribution is -0.140. The molecule has 0 aliphatic rings.